The molecular weight excluding hydrogens is 164 g/mol. The van der Waals surface area contributed by atoms with E-state index in [1.807, 2.05) is 0 Å². The van der Waals surface area contributed by atoms with Gasteiger partial charge in [0.25, 0.3) is 9.05 Å². The lowest BCUT2D eigenvalue weighted by Crippen LogP contribution is -2.09. The largest absolute Gasteiger partial charge is 0.297 e. The second kappa shape index (κ2) is 3.21. The molecule has 1 unspecified atom stereocenters. The summed E-state index contributed by atoms with van der Waals surface area (Å²) < 4.78 is 22.4. The maximum absolute atomic E-state index is 10.1. The minimum Gasteiger partial charge on any atom is -0.297 e. The number of hydrogen-bond donors (Lipinski definition) is 1. The van der Waals surface area contributed by atoms with Crippen LogP contribution in [-0.4, -0.2) is 21.2 Å². The summed E-state index contributed by atoms with van der Waals surface area (Å²) in [5.74, 6) is -0.332. The maximum Gasteiger partial charge on any atom is 0.266 e. The maximum atomic E-state index is 10.1. The van der Waals surface area contributed by atoms with Crippen LogP contribution < -0.4 is 0 Å². The molecule has 0 fully saturated rings. The van der Waals surface area contributed by atoms with E-state index < -0.39 is 15.7 Å². The van der Waals surface area contributed by atoms with Crippen LogP contribution >= 0.6 is 0 Å². The van der Waals surface area contributed by atoms with E-state index in [9.17, 15) is 9.00 Å². The molecule has 54 valence electrons. The molecule has 0 aromatic carbocycles. The summed E-state index contributed by atoms with van der Waals surface area (Å²) in [6, 6.07) is 0. The van der Waals surface area contributed by atoms with Crippen molar-refractivity contribution in [1.29, 1.82) is 0 Å². The van der Waals surface area contributed by atoms with Crippen molar-refractivity contribution in [2.24, 2.45) is 0 Å². The van der Waals surface area contributed by atoms with Gasteiger partial charge in [0.15, 0.2) is 5.78 Å². The monoisotopic (exact) mass is 170 g/mol. The van der Waals surface area contributed by atoms with Crippen molar-refractivity contribution in [2.75, 3.05) is 6.61 Å². The summed E-state index contributed by atoms with van der Waals surface area (Å²) in [7, 11) is -3.61. The molecule has 0 aliphatic carbocycles. The first-order valence-electron chi connectivity index (χ1n) is 2.03. The number of carbonyl (C=O) groups excluding carboxylic acids is 1. The van der Waals surface area contributed by atoms with Gasteiger partial charge in [-0.1, -0.05) is 0 Å². The Kier molecular flexibility index (Phi) is 3.20. The summed E-state index contributed by atoms with van der Waals surface area (Å²) in [6.07, 6.45) is 0. The van der Waals surface area contributed by atoms with Crippen LogP contribution in [0.1, 0.15) is 6.92 Å². The molecule has 0 aromatic heterocycles. The Hall–Kier alpha value is -0.0400. The fourth-order valence-electron chi connectivity index (χ4n) is 0.157. The van der Waals surface area contributed by atoms with Crippen LogP contribution in [0, 0.1) is 0 Å². The topological polar surface area (TPSA) is 63.6 Å². The Balaban J connectivity index is 3.67. The second-order valence-electron chi connectivity index (χ2n) is 1.39. The van der Waals surface area contributed by atoms with E-state index in [0.717, 1.165) is 0 Å². The molecule has 0 saturated carbocycles. The van der Waals surface area contributed by atoms with Crippen LogP contribution in [0.2, 0.25) is 0 Å². The molecule has 9 heavy (non-hydrogen) atoms. The van der Waals surface area contributed by atoms with Crippen molar-refractivity contribution in [3.05, 3.63) is 0 Å². The van der Waals surface area contributed by atoms with Crippen LogP contribution in [0.25, 0.3) is 0 Å². The molecule has 0 aliphatic heterocycles. The van der Waals surface area contributed by atoms with E-state index >= 15 is 0 Å². The highest BCUT2D eigenvalue weighted by molar-refractivity contribution is 8.27. The van der Waals surface area contributed by atoms with Gasteiger partial charge in [-0.3, -0.25) is 13.5 Å². The van der Waals surface area contributed by atoms with E-state index in [4.69, 9.17) is 4.55 Å². The van der Waals surface area contributed by atoms with Crippen molar-refractivity contribution in [1.82, 2.24) is 0 Å². The van der Waals surface area contributed by atoms with Crippen molar-refractivity contribution in [2.45, 2.75) is 6.92 Å². The molecule has 0 saturated heterocycles. The molecule has 0 radical (unpaired) electrons. The van der Waals surface area contributed by atoms with Crippen molar-refractivity contribution in [3.8, 4) is 0 Å². The molecule has 0 rings (SSSR count). The molecule has 6 heteroatoms. The van der Waals surface area contributed by atoms with Gasteiger partial charge in [-0.2, -0.15) is 4.21 Å². The predicted molar refractivity (Wildman–Crippen MR) is 34.8 cm³/mol. The van der Waals surface area contributed by atoms with Crippen LogP contribution in [0.5, 0.6) is 0 Å². The fraction of sp³-hybridized carbons (Fsp3) is 0.667. The standard InChI is InChI=1S/C3H6O4S2/c1-3(4)2-7-9(5,6)8/h2H2,1H3,(H,5,6,8). The first-order valence-corrected chi connectivity index (χ1v) is 4.39. The summed E-state index contributed by atoms with van der Waals surface area (Å²) in [4.78, 5) is 10.1. The average molecular weight is 170 g/mol. The third-order valence-corrected chi connectivity index (χ3v) is 1.12. The molecule has 1 N–H and O–H groups in total. The first kappa shape index (κ1) is 8.96. The smallest absolute Gasteiger partial charge is 0.266 e. The summed E-state index contributed by atoms with van der Waals surface area (Å²) in [6.45, 7) is 0.833. The molecule has 0 aromatic rings. The Morgan fingerprint density at radius 2 is 2.33 bits per heavy atom. The fourth-order valence-corrected chi connectivity index (χ4v) is 0.617. The number of ketones is 1. The zero-order valence-corrected chi connectivity index (χ0v) is 6.33. The third kappa shape index (κ3) is 7.96. The zero-order valence-electron chi connectivity index (χ0n) is 4.70. The van der Waals surface area contributed by atoms with Gasteiger partial charge in [-0.25, -0.2) is 0 Å². The normalized spacial score (nSPS) is 16.7. The van der Waals surface area contributed by atoms with Crippen molar-refractivity contribution < 1.29 is 17.7 Å². The molecule has 1 atom stereocenters. The van der Waals surface area contributed by atoms with Gasteiger partial charge in [0.2, 0.25) is 0 Å². The van der Waals surface area contributed by atoms with Gasteiger partial charge >= 0.3 is 0 Å². The van der Waals surface area contributed by atoms with Crippen LogP contribution in [0.3, 0.4) is 0 Å². The van der Waals surface area contributed by atoms with Gasteiger partial charge in [0.05, 0.1) is 0 Å². The van der Waals surface area contributed by atoms with Gasteiger partial charge in [-0.15, -0.1) is 0 Å². The lowest BCUT2D eigenvalue weighted by atomic mass is 10.5. The Labute approximate surface area is 57.9 Å². The molecule has 4 nitrogen and oxygen atoms in total. The van der Waals surface area contributed by atoms with Gasteiger partial charge in [-0.05, 0) is 6.92 Å². The van der Waals surface area contributed by atoms with E-state index in [1.54, 1.807) is 0 Å². The summed E-state index contributed by atoms with van der Waals surface area (Å²) in [5.41, 5.74) is 0. The molecule has 0 bridgehead atoms. The Morgan fingerprint density at radius 1 is 1.89 bits per heavy atom. The SMILES string of the molecule is CC(=O)COS(=O)(O)=S. The van der Waals surface area contributed by atoms with Crippen LogP contribution in [-0.2, 0) is 29.2 Å². The highest BCUT2D eigenvalue weighted by Gasteiger charge is 2.00. The molecule has 0 amide bonds. The van der Waals surface area contributed by atoms with Gasteiger partial charge in [0, 0.05) is 11.2 Å². The minimum atomic E-state index is -3.61. The van der Waals surface area contributed by atoms with Crippen molar-refractivity contribution in [3.63, 3.8) is 0 Å². The number of Topliss-reactive ketones (excluding diaryl/α,β-unsaturated/α-hetero) is 1. The molecule has 0 heterocycles. The zero-order chi connectivity index (χ0) is 7.49. The van der Waals surface area contributed by atoms with Crippen molar-refractivity contribution >= 4 is 26.0 Å². The Bertz CT molecular complexity index is 192. The van der Waals surface area contributed by atoms with Gasteiger partial charge < -0.3 is 0 Å². The highest BCUT2D eigenvalue weighted by Crippen LogP contribution is 1.85. The van der Waals surface area contributed by atoms with E-state index in [0.29, 0.717) is 0 Å². The Morgan fingerprint density at radius 3 is 2.44 bits per heavy atom. The second-order valence-corrected chi connectivity index (χ2v) is 3.75. The number of carbonyl (C=O) groups is 1. The average Bonchev–Trinajstić information content (AvgIpc) is 1.59. The molecule has 0 spiro atoms. The lowest BCUT2D eigenvalue weighted by Gasteiger charge is -1.95. The quantitative estimate of drug-likeness (QED) is 0.631. The summed E-state index contributed by atoms with van der Waals surface area (Å²) in [5, 5.41) is 0. The third-order valence-electron chi connectivity index (χ3n) is 0.411. The predicted octanol–water partition coefficient (Wildman–Crippen LogP) is -0.274. The van der Waals surface area contributed by atoms with Gasteiger partial charge in [0.1, 0.15) is 6.61 Å². The minimum absolute atomic E-state index is 0.332. The van der Waals surface area contributed by atoms with E-state index in [1.165, 1.54) is 6.92 Å². The first-order chi connectivity index (χ1) is 3.92. The summed E-state index contributed by atoms with van der Waals surface area (Å²) >= 11 is 3.91. The highest BCUT2D eigenvalue weighted by atomic mass is 32.9. The number of hydrogen-bond acceptors (Lipinski definition) is 4. The lowest BCUT2D eigenvalue weighted by molar-refractivity contribution is -0.118. The van der Waals surface area contributed by atoms with Crippen LogP contribution in [0.4, 0.5) is 0 Å². The van der Waals surface area contributed by atoms with E-state index in [-0.39, 0.29) is 5.78 Å². The van der Waals surface area contributed by atoms with Crippen LogP contribution in [0.15, 0.2) is 0 Å². The molecular formula is C3H6O4S2. The molecule has 0 aliphatic rings. The van der Waals surface area contributed by atoms with E-state index in [2.05, 4.69) is 15.4 Å². The number of rotatable bonds is 3.